The van der Waals surface area contributed by atoms with Crippen LogP contribution in [0.4, 0.5) is 0 Å². The highest BCUT2D eigenvalue weighted by atomic mass is 32.1. The SMILES string of the molecule is CN(CC1CCCC1O)C(=O)c1c[nH]c(=S)n1-c1ccccc1. The van der Waals surface area contributed by atoms with E-state index in [0.717, 1.165) is 24.9 Å². The molecule has 1 aliphatic carbocycles. The lowest BCUT2D eigenvalue weighted by atomic mass is 10.1. The summed E-state index contributed by atoms with van der Waals surface area (Å²) in [7, 11) is 1.78. The number of aliphatic hydroxyl groups is 1. The van der Waals surface area contributed by atoms with Gasteiger partial charge in [-0.05, 0) is 37.2 Å². The average Bonchev–Trinajstić information content (AvgIpc) is 3.13. The van der Waals surface area contributed by atoms with Crippen molar-refractivity contribution in [2.75, 3.05) is 13.6 Å². The van der Waals surface area contributed by atoms with Gasteiger partial charge in [-0.2, -0.15) is 0 Å². The molecule has 2 N–H and O–H groups in total. The Hall–Kier alpha value is -1.92. The van der Waals surface area contributed by atoms with Gasteiger partial charge in [0.1, 0.15) is 5.69 Å². The van der Waals surface area contributed by atoms with E-state index in [1.807, 2.05) is 30.3 Å². The molecule has 1 fully saturated rings. The van der Waals surface area contributed by atoms with E-state index in [1.54, 1.807) is 22.7 Å². The van der Waals surface area contributed by atoms with Gasteiger partial charge < -0.3 is 15.0 Å². The molecule has 0 radical (unpaired) electrons. The number of aromatic nitrogens is 2. The number of H-pyrrole nitrogens is 1. The van der Waals surface area contributed by atoms with Gasteiger partial charge in [0.2, 0.25) is 0 Å². The van der Waals surface area contributed by atoms with E-state index in [2.05, 4.69) is 4.98 Å². The largest absolute Gasteiger partial charge is 0.393 e. The van der Waals surface area contributed by atoms with Crippen LogP contribution < -0.4 is 0 Å². The van der Waals surface area contributed by atoms with Crippen LogP contribution in [-0.2, 0) is 0 Å². The van der Waals surface area contributed by atoms with Crippen molar-refractivity contribution >= 4 is 18.1 Å². The summed E-state index contributed by atoms with van der Waals surface area (Å²) in [5.74, 6) is 0.0661. The lowest BCUT2D eigenvalue weighted by Crippen LogP contribution is -2.35. The Kier molecular flexibility index (Phi) is 4.63. The van der Waals surface area contributed by atoms with Gasteiger partial charge in [-0.3, -0.25) is 9.36 Å². The minimum absolute atomic E-state index is 0.0969. The van der Waals surface area contributed by atoms with Gasteiger partial charge in [0.15, 0.2) is 4.77 Å². The fourth-order valence-corrected chi connectivity index (χ4v) is 3.48. The van der Waals surface area contributed by atoms with Gasteiger partial charge in [0.25, 0.3) is 5.91 Å². The molecule has 6 heteroatoms. The van der Waals surface area contributed by atoms with Crippen molar-refractivity contribution in [2.24, 2.45) is 5.92 Å². The van der Waals surface area contributed by atoms with E-state index < -0.39 is 0 Å². The highest BCUT2D eigenvalue weighted by molar-refractivity contribution is 7.71. The Bertz CT molecular complexity index is 738. The monoisotopic (exact) mass is 331 g/mol. The van der Waals surface area contributed by atoms with E-state index >= 15 is 0 Å². The number of para-hydroxylation sites is 1. The first-order valence-corrected chi connectivity index (χ1v) is 8.28. The summed E-state index contributed by atoms with van der Waals surface area (Å²) in [5.41, 5.74) is 1.37. The average molecular weight is 331 g/mol. The van der Waals surface area contributed by atoms with E-state index in [1.165, 1.54) is 0 Å². The normalized spacial score (nSPS) is 20.6. The third-order valence-electron chi connectivity index (χ3n) is 4.48. The lowest BCUT2D eigenvalue weighted by molar-refractivity contribution is 0.0686. The molecular formula is C17H21N3O2S. The summed E-state index contributed by atoms with van der Waals surface area (Å²) in [4.78, 5) is 17.4. The van der Waals surface area contributed by atoms with Gasteiger partial charge in [0.05, 0.1) is 6.10 Å². The zero-order valence-electron chi connectivity index (χ0n) is 13.1. The predicted molar refractivity (Wildman–Crippen MR) is 91.3 cm³/mol. The first-order chi connectivity index (χ1) is 11.1. The van der Waals surface area contributed by atoms with Crippen molar-refractivity contribution in [3.8, 4) is 5.69 Å². The highest BCUT2D eigenvalue weighted by Gasteiger charge is 2.28. The third-order valence-corrected chi connectivity index (χ3v) is 4.78. The summed E-state index contributed by atoms with van der Waals surface area (Å²) >= 11 is 5.32. The number of rotatable bonds is 4. The van der Waals surface area contributed by atoms with Crippen LogP contribution in [0, 0.1) is 10.7 Å². The zero-order valence-corrected chi connectivity index (χ0v) is 13.9. The Balaban J connectivity index is 1.84. The van der Waals surface area contributed by atoms with E-state index in [-0.39, 0.29) is 17.9 Å². The molecule has 0 spiro atoms. The molecule has 0 saturated heterocycles. The molecule has 2 atom stereocenters. The fraction of sp³-hybridized carbons (Fsp3) is 0.412. The molecule has 1 aliphatic rings. The molecule has 2 aromatic rings. The zero-order chi connectivity index (χ0) is 16.4. The van der Waals surface area contributed by atoms with Crippen LogP contribution >= 0.6 is 12.2 Å². The number of nitrogens with one attached hydrogen (secondary N) is 1. The number of carbonyl (C=O) groups is 1. The second-order valence-electron chi connectivity index (χ2n) is 6.09. The van der Waals surface area contributed by atoms with Crippen LogP contribution in [0.15, 0.2) is 36.5 Å². The third kappa shape index (κ3) is 3.23. The maximum Gasteiger partial charge on any atom is 0.272 e. The quantitative estimate of drug-likeness (QED) is 0.847. The van der Waals surface area contributed by atoms with E-state index in [9.17, 15) is 9.90 Å². The number of amides is 1. The summed E-state index contributed by atoms with van der Waals surface area (Å²) in [6.45, 7) is 0.562. The van der Waals surface area contributed by atoms with E-state index in [0.29, 0.717) is 17.0 Å². The molecule has 2 unspecified atom stereocenters. The summed E-state index contributed by atoms with van der Waals surface area (Å²) in [5, 5.41) is 9.96. The molecule has 1 heterocycles. The van der Waals surface area contributed by atoms with Gasteiger partial charge in [0, 0.05) is 31.4 Å². The Morgan fingerprint density at radius 1 is 1.39 bits per heavy atom. The molecule has 5 nitrogen and oxygen atoms in total. The van der Waals surface area contributed by atoms with Crippen LogP contribution in [0.2, 0.25) is 0 Å². The maximum atomic E-state index is 12.8. The Morgan fingerprint density at radius 3 is 2.78 bits per heavy atom. The number of hydrogen-bond acceptors (Lipinski definition) is 3. The molecule has 3 rings (SSSR count). The number of hydrogen-bond donors (Lipinski definition) is 2. The number of aromatic amines is 1. The molecule has 0 bridgehead atoms. The van der Waals surface area contributed by atoms with Crippen molar-refractivity contribution in [3.63, 3.8) is 0 Å². The Morgan fingerprint density at radius 2 is 2.13 bits per heavy atom. The number of imidazole rings is 1. The molecule has 122 valence electrons. The van der Waals surface area contributed by atoms with Crippen molar-refractivity contribution in [3.05, 3.63) is 47.0 Å². The molecule has 1 amide bonds. The molecular weight excluding hydrogens is 310 g/mol. The van der Waals surface area contributed by atoms with Gasteiger partial charge in [-0.1, -0.05) is 24.6 Å². The minimum atomic E-state index is -0.299. The van der Waals surface area contributed by atoms with Crippen LogP contribution in [0.3, 0.4) is 0 Å². The predicted octanol–water partition coefficient (Wildman–Crippen LogP) is 2.77. The number of aliphatic hydroxyl groups excluding tert-OH is 1. The van der Waals surface area contributed by atoms with Crippen molar-refractivity contribution in [1.29, 1.82) is 0 Å². The van der Waals surface area contributed by atoms with Crippen molar-refractivity contribution < 1.29 is 9.90 Å². The fourth-order valence-electron chi connectivity index (χ4n) is 3.22. The van der Waals surface area contributed by atoms with Gasteiger partial charge >= 0.3 is 0 Å². The van der Waals surface area contributed by atoms with E-state index in [4.69, 9.17) is 12.2 Å². The lowest BCUT2D eigenvalue weighted by Gasteiger charge is -2.23. The van der Waals surface area contributed by atoms with Gasteiger partial charge in [-0.25, -0.2) is 0 Å². The number of carbonyl (C=O) groups excluding carboxylic acids is 1. The smallest absolute Gasteiger partial charge is 0.272 e. The number of benzene rings is 1. The second-order valence-corrected chi connectivity index (χ2v) is 6.48. The van der Waals surface area contributed by atoms with Crippen LogP contribution in [0.25, 0.3) is 5.69 Å². The summed E-state index contributed by atoms with van der Waals surface area (Å²) in [6, 6.07) is 9.59. The minimum Gasteiger partial charge on any atom is -0.393 e. The standard InChI is InChI=1S/C17H21N3O2S/c1-19(11-12-6-5-9-15(12)21)16(22)14-10-18-17(23)20(14)13-7-3-2-4-8-13/h2-4,7-8,10,12,15,21H,5-6,9,11H2,1H3,(H,18,23). The van der Waals surface area contributed by atoms with Crippen LogP contribution in [0.1, 0.15) is 29.8 Å². The molecule has 23 heavy (non-hydrogen) atoms. The van der Waals surface area contributed by atoms with Crippen LogP contribution in [-0.4, -0.2) is 45.2 Å². The van der Waals surface area contributed by atoms with Crippen LogP contribution in [0.5, 0.6) is 0 Å². The first kappa shape index (κ1) is 16.0. The molecule has 1 saturated carbocycles. The number of nitrogens with zero attached hydrogens (tertiary/aromatic N) is 2. The highest BCUT2D eigenvalue weighted by Crippen LogP contribution is 2.26. The van der Waals surface area contributed by atoms with Gasteiger partial charge in [-0.15, -0.1) is 0 Å². The topological polar surface area (TPSA) is 61.3 Å². The second kappa shape index (κ2) is 6.68. The molecule has 1 aromatic heterocycles. The summed E-state index contributed by atoms with van der Waals surface area (Å²) < 4.78 is 2.24. The molecule has 1 aromatic carbocycles. The maximum absolute atomic E-state index is 12.8. The summed E-state index contributed by atoms with van der Waals surface area (Å²) in [6.07, 6.45) is 4.18. The van der Waals surface area contributed by atoms with Crippen molar-refractivity contribution in [2.45, 2.75) is 25.4 Å². The first-order valence-electron chi connectivity index (χ1n) is 7.87. The molecule has 0 aliphatic heterocycles. The Labute approximate surface area is 140 Å². The van der Waals surface area contributed by atoms with Crippen molar-refractivity contribution in [1.82, 2.24) is 14.5 Å².